The van der Waals surface area contributed by atoms with E-state index in [4.69, 9.17) is 4.74 Å². The van der Waals surface area contributed by atoms with Gasteiger partial charge in [-0.3, -0.25) is 29.0 Å². The fourth-order valence-electron chi connectivity index (χ4n) is 4.94. The van der Waals surface area contributed by atoms with Gasteiger partial charge in [0.15, 0.2) is 0 Å². The molecule has 0 spiro atoms. The maximum absolute atomic E-state index is 14.9. The van der Waals surface area contributed by atoms with Gasteiger partial charge in [-0.15, -0.1) is 0 Å². The number of ether oxygens (including phenoxy) is 1. The van der Waals surface area contributed by atoms with Gasteiger partial charge in [0, 0.05) is 12.6 Å². The van der Waals surface area contributed by atoms with E-state index in [0.29, 0.717) is 11.3 Å². The van der Waals surface area contributed by atoms with Gasteiger partial charge in [-0.25, -0.2) is 0 Å². The van der Waals surface area contributed by atoms with Gasteiger partial charge in [-0.05, 0) is 66.3 Å². The highest BCUT2D eigenvalue weighted by Crippen LogP contribution is 2.36. The van der Waals surface area contributed by atoms with E-state index in [-0.39, 0.29) is 36.1 Å². The van der Waals surface area contributed by atoms with Crippen LogP contribution in [0, 0.1) is 17.2 Å². The van der Waals surface area contributed by atoms with Crippen molar-refractivity contribution in [3.63, 3.8) is 0 Å². The smallest absolute Gasteiger partial charge is 0.405 e. The van der Waals surface area contributed by atoms with Crippen LogP contribution in [-0.2, 0) is 25.6 Å². The van der Waals surface area contributed by atoms with Crippen molar-refractivity contribution in [1.82, 2.24) is 26.3 Å². The molecule has 1 aliphatic rings. The van der Waals surface area contributed by atoms with Crippen LogP contribution in [0.15, 0.2) is 72.9 Å². The number of alkyl halides is 5. The first kappa shape index (κ1) is 37.9. The molecule has 0 aliphatic heterocycles. The van der Waals surface area contributed by atoms with Crippen molar-refractivity contribution in [1.29, 1.82) is 5.26 Å². The van der Waals surface area contributed by atoms with Crippen LogP contribution in [0.5, 0.6) is 5.75 Å². The number of pyridine rings is 1. The summed E-state index contributed by atoms with van der Waals surface area (Å²) < 4.78 is 72.6. The minimum atomic E-state index is -5.03. The van der Waals surface area contributed by atoms with E-state index in [1.54, 1.807) is 24.3 Å². The topological polar surface area (TPSA) is 179 Å². The van der Waals surface area contributed by atoms with Crippen molar-refractivity contribution < 1.29 is 50.7 Å². The maximum atomic E-state index is 14.9. The van der Waals surface area contributed by atoms with Crippen LogP contribution in [0.25, 0.3) is 0 Å². The molecule has 12 nitrogen and oxygen atoms in total. The average molecular weight is 715 g/mol. The molecule has 3 atom stereocenters. The van der Waals surface area contributed by atoms with E-state index in [0.717, 1.165) is 5.32 Å². The minimum Gasteiger partial charge on any atom is -0.497 e. The molecule has 0 bridgehead atoms. The van der Waals surface area contributed by atoms with Crippen molar-refractivity contribution in [3.8, 4) is 11.8 Å². The highest BCUT2D eigenvalue weighted by atomic mass is 19.4. The number of hydrogen-bond donors (Lipinski definition) is 4. The number of halogens is 5. The van der Waals surface area contributed by atoms with Crippen molar-refractivity contribution >= 4 is 29.4 Å². The van der Waals surface area contributed by atoms with Crippen LogP contribution in [0.4, 0.5) is 22.0 Å². The van der Waals surface area contributed by atoms with Gasteiger partial charge in [0.2, 0.25) is 17.6 Å². The van der Waals surface area contributed by atoms with E-state index in [9.17, 15) is 51.2 Å². The summed E-state index contributed by atoms with van der Waals surface area (Å²) >= 11 is 0. The molecule has 1 fully saturated rings. The first-order chi connectivity index (χ1) is 24.1. The molecule has 1 aromatic heterocycles. The SMILES string of the molecule is COc1ccc(C(NC(=O)C(Cc2cccc(C#N)c2)NC(=O)c2ccccn2)C(=O)N[C@H](C(=O)C(F)(F)C(=O)NCC(F)(F)F)C2CC2)cc1. The van der Waals surface area contributed by atoms with E-state index >= 15 is 0 Å². The molecule has 4 amide bonds. The lowest BCUT2D eigenvalue weighted by atomic mass is 9.98. The second kappa shape index (κ2) is 16.2. The summed E-state index contributed by atoms with van der Waals surface area (Å²) in [5.74, 6) is -13.0. The Balaban J connectivity index is 1.63. The maximum Gasteiger partial charge on any atom is 0.405 e. The lowest BCUT2D eigenvalue weighted by Crippen LogP contribution is -2.58. The molecule has 17 heteroatoms. The van der Waals surface area contributed by atoms with E-state index in [2.05, 4.69) is 20.9 Å². The molecule has 2 unspecified atom stereocenters. The van der Waals surface area contributed by atoms with E-state index in [1.807, 2.05) is 6.07 Å². The second-order valence-corrected chi connectivity index (χ2v) is 11.5. The standard InChI is InChI=1S/C34H31F5N6O6/c1-51-23-12-10-22(11-13-23)27(31(49)44-26(21-8-9-21)28(46)34(38,39)32(50)42-18-33(35,36)37)45-30(48)25(16-19-5-4-6-20(15-19)17-40)43-29(47)24-7-2-3-14-41-24/h2-7,10-15,21,25-27H,8-9,16,18H2,1H3,(H,42,50)(H,43,47)(H,44,49)(H,45,48)/t25?,26-,27?/m0/s1. The number of nitrogens with one attached hydrogen (secondary N) is 4. The van der Waals surface area contributed by atoms with Crippen LogP contribution >= 0.6 is 0 Å². The normalized spacial score (nSPS) is 14.5. The number of nitrogens with zero attached hydrogens (tertiary/aromatic N) is 2. The van der Waals surface area contributed by atoms with Crippen LogP contribution in [0.2, 0.25) is 0 Å². The lowest BCUT2D eigenvalue weighted by molar-refractivity contribution is -0.165. The second-order valence-electron chi connectivity index (χ2n) is 11.5. The predicted octanol–water partition coefficient (Wildman–Crippen LogP) is 2.94. The number of methoxy groups -OCH3 is 1. The molecule has 0 saturated heterocycles. The van der Waals surface area contributed by atoms with Gasteiger partial charge in [-0.1, -0.05) is 30.3 Å². The summed E-state index contributed by atoms with van der Waals surface area (Å²) in [6.45, 7) is -2.11. The van der Waals surface area contributed by atoms with Gasteiger partial charge in [0.05, 0.1) is 24.8 Å². The number of Topliss-reactive ketones (excluding diaryl/α,β-unsaturated/α-hetero) is 1. The lowest BCUT2D eigenvalue weighted by Gasteiger charge is -2.27. The first-order valence-electron chi connectivity index (χ1n) is 15.4. The van der Waals surface area contributed by atoms with Gasteiger partial charge >= 0.3 is 12.1 Å². The number of rotatable bonds is 15. The molecule has 1 saturated carbocycles. The zero-order valence-electron chi connectivity index (χ0n) is 26.8. The van der Waals surface area contributed by atoms with Gasteiger partial charge in [-0.2, -0.15) is 27.2 Å². The Hall–Kier alpha value is -5.92. The Morgan fingerprint density at radius 3 is 2.22 bits per heavy atom. The van der Waals surface area contributed by atoms with Gasteiger partial charge < -0.3 is 26.0 Å². The zero-order valence-corrected chi connectivity index (χ0v) is 26.8. The number of hydrogen-bond acceptors (Lipinski definition) is 8. The Morgan fingerprint density at radius 1 is 0.922 bits per heavy atom. The molecule has 1 heterocycles. The summed E-state index contributed by atoms with van der Waals surface area (Å²) in [7, 11) is 1.37. The van der Waals surface area contributed by atoms with Crippen molar-refractivity contribution in [2.75, 3.05) is 13.7 Å². The number of benzene rings is 2. The van der Waals surface area contributed by atoms with Crippen molar-refractivity contribution in [3.05, 3.63) is 95.3 Å². The Labute approximate surface area is 287 Å². The third-order valence-electron chi connectivity index (χ3n) is 7.73. The molecular weight excluding hydrogens is 683 g/mol. The molecule has 1 aliphatic carbocycles. The van der Waals surface area contributed by atoms with Crippen molar-refractivity contribution in [2.45, 2.75) is 49.5 Å². The van der Waals surface area contributed by atoms with Crippen molar-refractivity contribution in [2.24, 2.45) is 5.92 Å². The highest BCUT2D eigenvalue weighted by Gasteiger charge is 2.54. The average Bonchev–Trinajstić information content (AvgIpc) is 3.97. The molecule has 0 radical (unpaired) electrons. The zero-order chi connectivity index (χ0) is 37.3. The van der Waals surface area contributed by atoms with Gasteiger partial charge in [0.1, 0.15) is 30.1 Å². The first-order valence-corrected chi connectivity index (χ1v) is 15.4. The van der Waals surface area contributed by atoms with E-state index < -0.39 is 72.1 Å². The Morgan fingerprint density at radius 2 is 1.63 bits per heavy atom. The quantitative estimate of drug-likeness (QED) is 0.137. The van der Waals surface area contributed by atoms with Crippen LogP contribution in [-0.4, -0.2) is 72.2 Å². The summed E-state index contributed by atoms with van der Waals surface area (Å²) in [4.78, 5) is 69.7. The monoisotopic (exact) mass is 714 g/mol. The Kier molecular flexibility index (Phi) is 12.0. The summed E-state index contributed by atoms with van der Waals surface area (Å²) in [6, 6.07) is 13.1. The number of aromatic nitrogens is 1. The summed E-state index contributed by atoms with van der Waals surface area (Å²) in [6.07, 6.45) is -3.50. The third kappa shape index (κ3) is 10.3. The third-order valence-corrected chi connectivity index (χ3v) is 7.73. The highest BCUT2D eigenvalue weighted by molar-refractivity contribution is 6.11. The van der Waals surface area contributed by atoms with Crippen LogP contribution in [0.3, 0.4) is 0 Å². The van der Waals surface area contributed by atoms with Crippen LogP contribution in [0.1, 0.15) is 46.1 Å². The number of carbonyl (C=O) groups excluding carboxylic acids is 5. The number of carbonyl (C=O) groups is 5. The van der Waals surface area contributed by atoms with Crippen LogP contribution < -0.4 is 26.0 Å². The molecule has 4 rings (SSSR count). The summed E-state index contributed by atoms with van der Waals surface area (Å²) in [5, 5.41) is 17.5. The molecular formula is C34H31F5N6O6. The molecule has 2 aromatic carbocycles. The number of amides is 4. The minimum absolute atomic E-state index is 0.0449. The number of nitriles is 1. The Bertz CT molecular complexity index is 1800. The molecule has 51 heavy (non-hydrogen) atoms. The predicted molar refractivity (Wildman–Crippen MR) is 168 cm³/mol. The largest absolute Gasteiger partial charge is 0.497 e. The molecule has 4 N–H and O–H groups in total. The van der Waals surface area contributed by atoms with E-state index in [1.165, 1.54) is 55.8 Å². The van der Waals surface area contributed by atoms with Gasteiger partial charge in [0.25, 0.3) is 11.8 Å². The fourth-order valence-corrected chi connectivity index (χ4v) is 4.94. The fraction of sp³-hybridized carbons (Fsp3) is 0.324. The summed E-state index contributed by atoms with van der Waals surface area (Å²) in [5.41, 5.74) is 0.750. The molecule has 3 aromatic rings. The molecule has 268 valence electrons. The number of ketones is 1.